The average molecular weight is 485 g/mol. The molecular weight excluding hydrogens is 458 g/mol. The number of halogens is 4. The van der Waals surface area contributed by atoms with E-state index >= 15 is 0 Å². The predicted molar refractivity (Wildman–Crippen MR) is 114 cm³/mol. The summed E-state index contributed by atoms with van der Waals surface area (Å²) in [5.74, 6) is -2.21. The van der Waals surface area contributed by atoms with Crippen molar-refractivity contribution >= 4 is 11.9 Å². The first-order valence-corrected chi connectivity index (χ1v) is 11.2. The SMILES string of the molecule is O=C(CCc1cnoc1-c1ccc(F)cc1)N1CCC[C@H]1CN1CCCC1.O=C(O)C(F)(F)F. The molecule has 1 amide bonds. The van der Waals surface area contributed by atoms with E-state index < -0.39 is 12.1 Å². The van der Waals surface area contributed by atoms with Crippen molar-refractivity contribution in [2.75, 3.05) is 26.2 Å². The van der Waals surface area contributed by atoms with Gasteiger partial charge in [-0.05, 0) is 69.5 Å². The molecule has 4 rings (SSSR count). The van der Waals surface area contributed by atoms with Crippen LogP contribution in [0, 0.1) is 5.82 Å². The van der Waals surface area contributed by atoms with Gasteiger partial charge in [-0.3, -0.25) is 4.79 Å². The van der Waals surface area contributed by atoms with E-state index in [-0.39, 0.29) is 11.7 Å². The van der Waals surface area contributed by atoms with Gasteiger partial charge in [0.05, 0.1) is 6.20 Å². The Hall–Kier alpha value is -2.95. The monoisotopic (exact) mass is 485 g/mol. The summed E-state index contributed by atoms with van der Waals surface area (Å²) in [6.07, 6.45) is 2.38. The second-order valence-corrected chi connectivity index (χ2v) is 8.38. The fourth-order valence-electron chi connectivity index (χ4n) is 4.28. The number of benzene rings is 1. The third kappa shape index (κ3) is 7.02. The molecule has 2 saturated heterocycles. The molecular formula is C23H27F4N3O4. The Kier molecular flexibility index (Phi) is 8.65. The van der Waals surface area contributed by atoms with Crippen molar-refractivity contribution in [3.05, 3.63) is 41.8 Å². The number of hydrogen-bond acceptors (Lipinski definition) is 5. The number of aryl methyl sites for hydroxylation is 1. The summed E-state index contributed by atoms with van der Waals surface area (Å²) in [4.78, 5) is 26.3. The summed E-state index contributed by atoms with van der Waals surface area (Å²) in [5.41, 5.74) is 1.68. The molecule has 186 valence electrons. The second kappa shape index (κ2) is 11.5. The number of likely N-dealkylation sites (tertiary alicyclic amines) is 2. The molecule has 2 aromatic rings. The van der Waals surface area contributed by atoms with Crippen LogP contribution in [-0.4, -0.2) is 70.3 Å². The van der Waals surface area contributed by atoms with E-state index in [9.17, 15) is 22.4 Å². The maximum absolute atomic E-state index is 13.1. The van der Waals surface area contributed by atoms with Gasteiger partial charge in [0.15, 0.2) is 5.76 Å². The van der Waals surface area contributed by atoms with Crippen LogP contribution >= 0.6 is 0 Å². The summed E-state index contributed by atoms with van der Waals surface area (Å²) < 4.78 is 50.2. The highest BCUT2D eigenvalue weighted by Gasteiger charge is 2.38. The van der Waals surface area contributed by atoms with Crippen molar-refractivity contribution in [2.45, 2.75) is 50.7 Å². The number of aliphatic carboxylic acids is 1. The molecule has 34 heavy (non-hydrogen) atoms. The first-order valence-electron chi connectivity index (χ1n) is 11.2. The highest BCUT2D eigenvalue weighted by molar-refractivity contribution is 5.77. The molecule has 2 aliphatic rings. The van der Waals surface area contributed by atoms with Crippen LogP contribution in [0.4, 0.5) is 17.6 Å². The first kappa shape index (κ1) is 25.7. The predicted octanol–water partition coefficient (Wildman–Crippen LogP) is 4.13. The minimum absolute atomic E-state index is 0.211. The van der Waals surface area contributed by atoms with Crippen LogP contribution in [0.3, 0.4) is 0 Å². The number of nitrogens with zero attached hydrogens (tertiary/aromatic N) is 3. The highest BCUT2D eigenvalue weighted by Crippen LogP contribution is 2.26. The van der Waals surface area contributed by atoms with Crippen LogP contribution in [-0.2, 0) is 16.0 Å². The number of rotatable bonds is 6. The Morgan fingerprint density at radius 3 is 2.35 bits per heavy atom. The average Bonchev–Trinajstić information content (AvgIpc) is 3.55. The van der Waals surface area contributed by atoms with Crippen molar-refractivity contribution in [3.8, 4) is 11.3 Å². The molecule has 0 saturated carbocycles. The fourth-order valence-corrected chi connectivity index (χ4v) is 4.28. The fraction of sp³-hybridized carbons (Fsp3) is 0.522. The molecule has 0 unspecified atom stereocenters. The van der Waals surface area contributed by atoms with E-state index in [1.807, 2.05) is 0 Å². The summed E-state index contributed by atoms with van der Waals surface area (Å²) in [6, 6.07) is 6.51. The van der Waals surface area contributed by atoms with Crippen LogP contribution < -0.4 is 0 Å². The van der Waals surface area contributed by atoms with Gasteiger partial charge in [-0.15, -0.1) is 0 Å². The van der Waals surface area contributed by atoms with Gasteiger partial charge in [-0.2, -0.15) is 13.2 Å². The Bertz CT molecular complexity index is 956. The summed E-state index contributed by atoms with van der Waals surface area (Å²) in [6.45, 7) is 4.21. The summed E-state index contributed by atoms with van der Waals surface area (Å²) >= 11 is 0. The van der Waals surface area contributed by atoms with Gasteiger partial charge in [-0.25, -0.2) is 9.18 Å². The minimum Gasteiger partial charge on any atom is -0.475 e. The van der Waals surface area contributed by atoms with E-state index in [4.69, 9.17) is 14.4 Å². The molecule has 0 bridgehead atoms. The maximum Gasteiger partial charge on any atom is 0.490 e. The van der Waals surface area contributed by atoms with Crippen molar-refractivity contribution in [1.82, 2.24) is 15.0 Å². The normalized spacial score (nSPS) is 18.6. The van der Waals surface area contributed by atoms with Gasteiger partial charge in [0.2, 0.25) is 5.91 Å². The largest absolute Gasteiger partial charge is 0.490 e. The van der Waals surface area contributed by atoms with Crippen molar-refractivity contribution in [2.24, 2.45) is 0 Å². The lowest BCUT2D eigenvalue weighted by Gasteiger charge is -2.28. The van der Waals surface area contributed by atoms with Gasteiger partial charge >= 0.3 is 12.1 Å². The molecule has 2 fully saturated rings. The molecule has 1 N–H and O–H groups in total. The molecule has 0 spiro atoms. The van der Waals surface area contributed by atoms with E-state index in [1.165, 1.54) is 38.1 Å². The van der Waals surface area contributed by atoms with Gasteiger partial charge in [0.25, 0.3) is 0 Å². The van der Waals surface area contributed by atoms with Crippen LogP contribution in [0.15, 0.2) is 35.0 Å². The number of carbonyl (C=O) groups is 2. The molecule has 0 radical (unpaired) electrons. The molecule has 11 heteroatoms. The Morgan fingerprint density at radius 1 is 1.09 bits per heavy atom. The summed E-state index contributed by atoms with van der Waals surface area (Å²) in [7, 11) is 0. The van der Waals surface area contributed by atoms with Crippen LogP contribution in [0.5, 0.6) is 0 Å². The number of alkyl halides is 3. The maximum atomic E-state index is 13.1. The third-order valence-electron chi connectivity index (χ3n) is 5.97. The number of carboxylic acid groups (broad SMARTS) is 1. The summed E-state index contributed by atoms with van der Waals surface area (Å²) in [5, 5.41) is 11.0. The third-order valence-corrected chi connectivity index (χ3v) is 5.97. The zero-order chi connectivity index (χ0) is 24.7. The molecule has 3 heterocycles. The topological polar surface area (TPSA) is 86.9 Å². The molecule has 0 aliphatic carbocycles. The molecule has 7 nitrogen and oxygen atoms in total. The first-order chi connectivity index (χ1) is 16.1. The van der Waals surface area contributed by atoms with Gasteiger partial charge in [0, 0.05) is 36.7 Å². The number of hydrogen-bond donors (Lipinski definition) is 1. The number of aromatic nitrogens is 1. The second-order valence-electron chi connectivity index (χ2n) is 8.38. The van der Waals surface area contributed by atoms with Crippen LogP contribution in [0.25, 0.3) is 11.3 Å². The van der Waals surface area contributed by atoms with E-state index in [0.29, 0.717) is 24.6 Å². The Morgan fingerprint density at radius 2 is 1.74 bits per heavy atom. The van der Waals surface area contributed by atoms with Gasteiger partial charge in [-0.1, -0.05) is 5.16 Å². The quantitative estimate of drug-likeness (QED) is 0.619. The number of amides is 1. The highest BCUT2D eigenvalue weighted by atomic mass is 19.4. The zero-order valence-electron chi connectivity index (χ0n) is 18.6. The van der Waals surface area contributed by atoms with Crippen molar-refractivity contribution in [3.63, 3.8) is 0 Å². The van der Waals surface area contributed by atoms with Crippen molar-refractivity contribution in [1.29, 1.82) is 0 Å². The molecule has 1 aromatic heterocycles. The lowest BCUT2D eigenvalue weighted by atomic mass is 10.0. The Balaban J connectivity index is 0.000000406. The van der Waals surface area contributed by atoms with Crippen LogP contribution in [0.1, 0.15) is 37.7 Å². The Labute approximate surface area is 194 Å². The van der Waals surface area contributed by atoms with Crippen molar-refractivity contribution < 1.29 is 36.8 Å². The molecule has 1 aromatic carbocycles. The number of carboxylic acids is 1. The minimum atomic E-state index is -5.08. The number of carbonyl (C=O) groups excluding carboxylic acids is 1. The van der Waals surface area contributed by atoms with E-state index in [2.05, 4.69) is 15.0 Å². The van der Waals surface area contributed by atoms with Crippen LogP contribution in [0.2, 0.25) is 0 Å². The van der Waals surface area contributed by atoms with E-state index in [1.54, 1.807) is 18.3 Å². The standard InChI is InChI=1S/C21H26FN3O2.C2HF3O2/c22-18-8-5-16(6-9-18)21-17(14-23-27-21)7-10-20(26)25-13-3-4-19(25)15-24-11-1-2-12-24;3-2(4,5)1(6)7/h5-6,8-9,14,19H,1-4,7,10-13,15H2;(H,6,7)/t19-;/m0./s1. The van der Waals surface area contributed by atoms with Gasteiger partial charge in [0.1, 0.15) is 5.82 Å². The zero-order valence-corrected chi connectivity index (χ0v) is 18.6. The van der Waals surface area contributed by atoms with E-state index in [0.717, 1.165) is 37.1 Å². The molecule has 2 aliphatic heterocycles. The molecule has 1 atom stereocenters. The lowest BCUT2D eigenvalue weighted by molar-refractivity contribution is -0.192. The van der Waals surface area contributed by atoms with Gasteiger partial charge < -0.3 is 19.4 Å². The smallest absolute Gasteiger partial charge is 0.475 e. The lowest BCUT2D eigenvalue weighted by Crippen LogP contribution is -2.42.